The van der Waals surface area contributed by atoms with Crippen molar-refractivity contribution in [2.75, 3.05) is 13.2 Å². The molecule has 0 heterocycles. The number of aliphatic hydroxyl groups is 2. The highest BCUT2D eigenvalue weighted by Crippen LogP contribution is 2.15. The Balaban J connectivity index is 3.73. The lowest BCUT2D eigenvalue weighted by atomic mass is 10.0. The highest BCUT2D eigenvalue weighted by atomic mass is 16.6. The monoisotopic (exact) mass is 727 g/mol. The van der Waals surface area contributed by atoms with Crippen molar-refractivity contribution in [2.24, 2.45) is 5.92 Å². The normalized spacial score (nSPS) is 13.7. The molecule has 0 aliphatic rings. The largest absolute Gasteiger partial charge is 0.462 e. The van der Waals surface area contributed by atoms with E-state index in [0.717, 1.165) is 50.9 Å². The minimum atomic E-state index is -0.818. The van der Waals surface area contributed by atoms with E-state index < -0.39 is 12.2 Å². The zero-order valence-corrected chi connectivity index (χ0v) is 33.6. The third kappa shape index (κ3) is 38.5. The molecule has 0 aromatic heterocycles. The van der Waals surface area contributed by atoms with Crippen LogP contribution in [0.1, 0.15) is 175 Å². The molecule has 0 rings (SSSR count). The molecule has 0 aliphatic carbocycles. The second-order valence-electron chi connectivity index (χ2n) is 14.4. The van der Waals surface area contributed by atoms with Crippen molar-refractivity contribution >= 4 is 11.9 Å². The molecule has 0 amide bonds. The van der Waals surface area contributed by atoms with Gasteiger partial charge >= 0.3 is 11.9 Å². The molecule has 0 saturated carbocycles. The van der Waals surface area contributed by atoms with Crippen LogP contribution in [-0.4, -0.2) is 47.6 Å². The second-order valence-corrected chi connectivity index (χ2v) is 14.4. The van der Waals surface area contributed by atoms with E-state index in [9.17, 15) is 19.8 Å². The quantitative estimate of drug-likeness (QED) is 0.0289. The first-order chi connectivity index (χ1) is 25.4. The van der Waals surface area contributed by atoms with Gasteiger partial charge in [-0.1, -0.05) is 190 Å². The van der Waals surface area contributed by atoms with Gasteiger partial charge in [-0.3, -0.25) is 9.59 Å². The van der Waals surface area contributed by atoms with Crippen LogP contribution in [0.3, 0.4) is 0 Å². The van der Waals surface area contributed by atoms with Crippen molar-refractivity contribution in [3.8, 4) is 0 Å². The first-order valence-electron chi connectivity index (χ1n) is 21.0. The lowest BCUT2D eigenvalue weighted by Crippen LogP contribution is -2.28. The van der Waals surface area contributed by atoms with Crippen LogP contribution in [0.2, 0.25) is 0 Å². The molecule has 52 heavy (non-hydrogen) atoms. The molecule has 0 spiro atoms. The van der Waals surface area contributed by atoms with Crippen molar-refractivity contribution in [3.63, 3.8) is 0 Å². The van der Waals surface area contributed by atoms with Crippen molar-refractivity contribution in [1.82, 2.24) is 0 Å². The molecular formula is C46H78O6. The van der Waals surface area contributed by atoms with Crippen LogP contribution in [0.4, 0.5) is 0 Å². The van der Waals surface area contributed by atoms with Crippen molar-refractivity contribution in [2.45, 2.75) is 187 Å². The van der Waals surface area contributed by atoms with Crippen molar-refractivity contribution < 1.29 is 29.3 Å². The van der Waals surface area contributed by atoms with Crippen LogP contribution < -0.4 is 0 Å². The molecule has 1 unspecified atom stereocenters. The third-order valence-electron chi connectivity index (χ3n) is 8.79. The first kappa shape index (κ1) is 49.3. The Labute approximate surface area is 319 Å². The fourth-order valence-electron chi connectivity index (χ4n) is 5.61. The number of rotatable bonds is 36. The summed E-state index contributed by atoms with van der Waals surface area (Å²) >= 11 is 0. The number of esters is 2. The van der Waals surface area contributed by atoms with Gasteiger partial charge in [0, 0.05) is 12.8 Å². The smallest absolute Gasteiger partial charge is 0.306 e. The van der Waals surface area contributed by atoms with Gasteiger partial charge in [-0.25, -0.2) is 0 Å². The number of allylic oxidation sites excluding steroid dienone is 10. The molecule has 0 aliphatic heterocycles. The number of unbranched alkanes of at least 4 members (excludes halogenated alkanes) is 14. The van der Waals surface area contributed by atoms with Gasteiger partial charge in [0.25, 0.3) is 0 Å². The molecule has 298 valence electrons. The number of carbonyl (C=O) groups excluding carboxylic acids is 2. The van der Waals surface area contributed by atoms with Crippen LogP contribution in [0.25, 0.3) is 0 Å². The third-order valence-corrected chi connectivity index (χ3v) is 8.79. The second kappa shape index (κ2) is 39.5. The average molecular weight is 727 g/mol. The van der Waals surface area contributed by atoms with E-state index in [2.05, 4.69) is 51.2 Å². The van der Waals surface area contributed by atoms with Crippen LogP contribution in [0, 0.1) is 5.92 Å². The van der Waals surface area contributed by atoms with Crippen LogP contribution in [0.5, 0.6) is 0 Å². The molecule has 0 saturated heterocycles. The summed E-state index contributed by atoms with van der Waals surface area (Å²) in [6.07, 6.45) is 48.6. The molecule has 0 fully saturated rings. The Kier molecular flexibility index (Phi) is 37.5. The summed E-state index contributed by atoms with van der Waals surface area (Å²) in [5.41, 5.74) is 0. The summed E-state index contributed by atoms with van der Waals surface area (Å²) in [7, 11) is 0. The molecule has 2 atom stereocenters. The highest BCUT2D eigenvalue weighted by Gasteiger charge is 2.16. The van der Waals surface area contributed by atoms with Gasteiger partial charge in [0.05, 0.1) is 12.7 Å². The fraction of sp³-hybridized carbons (Fsp3) is 0.696. The number of hydrogen-bond acceptors (Lipinski definition) is 6. The van der Waals surface area contributed by atoms with E-state index in [0.29, 0.717) is 19.3 Å². The number of hydrogen-bond donors (Lipinski definition) is 2. The Morgan fingerprint density at radius 1 is 0.596 bits per heavy atom. The predicted octanol–water partition coefficient (Wildman–Crippen LogP) is 12.2. The highest BCUT2D eigenvalue weighted by molar-refractivity contribution is 5.70. The maximum atomic E-state index is 12.2. The Morgan fingerprint density at radius 3 is 1.69 bits per heavy atom. The number of aliphatic hydroxyl groups excluding tert-OH is 2. The van der Waals surface area contributed by atoms with Gasteiger partial charge in [0.2, 0.25) is 0 Å². The van der Waals surface area contributed by atoms with E-state index >= 15 is 0 Å². The Morgan fingerprint density at radius 2 is 1.12 bits per heavy atom. The Hall–Kier alpha value is -2.70. The van der Waals surface area contributed by atoms with Crippen LogP contribution in [-0.2, 0) is 19.1 Å². The lowest BCUT2D eigenvalue weighted by molar-refractivity contribution is -0.161. The lowest BCUT2D eigenvalue weighted by Gasteiger charge is -2.15. The average Bonchev–Trinajstić information content (AvgIpc) is 3.13. The fourth-order valence-corrected chi connectivity index (χ4v) is 5.61. The SMILES string of the molecule is CC/C=C\C/C=C\CC(O)/C=C/C=C\C/C=C\C/C=C\CCC(=O)OC[C@H](CO)OC(=O)CCCCCCCCCCCCCCCCCC(C)C. The minimum absolute atomic E-state index is 0.123. The van der Waals surface area contributed by atoms with E-state index in [4.69, 9.17) is 9.47 Å². The van der Waals surface area contributed by atoms with Crippen LogP contribution >= 0.6 is 0 Å². The maximum Gasteiger partial charge on any atom is 0.306 e. The summed E-state index contributed by atoms with van der Waals surface area (Å²) < 4.78 is 10.5. The van der Waals surface area contributed by atoms with Crippen molar-refractivity contribution in [3.05, 3.63) is 72.9 Å². The summed E-state index contributed by atoms with van der Waals surface area (Å²) in [6, 6.07) is 0. The zero-order chi connectivity index (χ0) is 38.2. The topological polar surface area (TPSA) is 93.1 Å². The van der Waals surface area contributed by atoms with E-state index in [-0.39, 0.29) is 31.6 Å². The summed E-state index contributed by atoms with van der Waals surface area (Å²) in [4.78, 5) is 24.3. The molecular weight excluding hydrogens is 648 g/mol. The van der Waals surface area contributed by atoms with Gasteiger partial charge in [-0.05, 0) is 50.9 Å². The standard InChI is InChI=1S/C46H78O6/c1-4-5-6-7-26-31-36-43(48)37-32-27-22-18-15-16-19-23-28-33-38-45(49)51-41-44(40-47)52-46(50)39-34-29-24-20-14-12-10-8-9-11-13-17-21-25-30-35-42(2)3/h5-6,15-16,22-23,26-28,31-32,37,42-44,47-48H,4,7-14,17-21,24-25,29-30,33-36,38-41H2,1-3H3/b6-5-,16-15-,27-22-,28-23-,31-26-,37-32+/t43?,44-/m0/s1. The van der Waals surface area contributed by atoms with Crippen molar-refractivity contribution in [1.29, 1.82) is 0 Å². The molecule has 0 aromatic rings. The predicted molar refractivity (Wildman–Crippen MR) is 220 cm³/mol. The molecule has 0 radical (unpaired) electrons. The summed E-state index contributed by atoms with van der Waals surface area (Å²) in [5, 5.41) is 19.5. The van der Waals surface area contributed by atoms with Gasteiger partial charge in [0.1, 0.15) is 6.61 Å². The van der Waals surface area contributed by atoms with E-state index in [1.807, 2.05) is 36.5 Å². The molecule has 0 bridgehead atoms. The zero-order valence-electron chi connectivity index (χ0n) is 33.6. The first-order valence-corrected chi connectivity index (χ1v) is 21.0. The maximum absolute atomic E-state index is 12.2. The van der Waals surface area contributed by atoms with E-state index in [1.54, 1.807) is 6.08 Å². The summed E-state index contributed by atoms with van der Waals surface area (Å²) in [6.45, 7) is 6.25. The summed E-state index contributed by atoms with van der Waals surface area (Å²) in [5.74, 6) is 0.127. The van der Waals surface area contributed by atoms with Gasteiger partial charge in [-0.2, -0.15) is 0 Å². The molecule has 6 heteroatoms. The minimum Gasteiger partial charge on any atom is -0.462 e. The van der Waals surface area contributed by atoms with E-state index in [1.165, 1.54) is 83.5 Å². The van der Waals surface area contributed by atoms with Gasteiger partial charge < -0.3 is 19.7 Å². The number of ether oxygens (including phenoxy) is 2. The Bertz CT molecular complexity index is 989. The molecule has 6 nitrogen and oxygen atoms in total. The van der Waals surface area contributed by atoms with Gasteiger partial charge in [-0.15, -0.1) is 0 Å². The molecule has 2 N–H and O–H groups in total. The van der Waals surface area contributed by atoms with Gasteiger partial charge in [0.15, 0.2) is 6.10 Å². The van der Waals surface area contributed by atoms with Crippen LogP contribution in [0.15, 0.2) is 72.9 Å². The number of carbonyl (C=O) groups is 2. The molecule has 0 aromatic carbocycles.